The maximum Gasteiger partial charge on any atom is 0.175 e. The van der Waals surface area contributed by atoms with E-state index in [2.05, 4.69) is 0 Å². The average Bonchev–Trinajstić information content (AvgIpc) is 2.14. The van der Waals surface area contributed by atoms with Gasteiger partial charge in [0.25, 0.3) is 0 Å². The van der Waals surface area contributed by atoms with E-state index in [9.17, 15) is 8.42 Å². The van der Waals surface area contributed by atoms with Gasteiger partial charge in [-0.2, -0.15) is 5.26 Å². The summed E-state index contributed by atoms with van der Waals surface area (Å²) in [6.07, 6.45) is 4.02. The van der Waals surface area contributed by atoms with E-state index in [0.29, 0.717) is 5.56 Å². The lowest BCUT2D eigenvalue weighted by Crippen LogP contribution is -1.96. The smallest absolute Gasteiger partial charge is 0.175 e. The van der Waals surface area contributed by atoms with Crippen LogP contribution in [0, 0.1) is 11.3 Å². The van der Waals surface area contributed by atoms with E-state index in [-0.39, 0.29) is 4.90 Å². The van der Waals surface area contributed by atoms with Crippen LogP contribution in [-0.2, 0) is 9.84 Å². The molecule has 0 saturated heterocycles. The highest BCUT2D eigenvalue weighted by Gasteiger charge is 2.05. The Morgan fingerprint density at radius 3 is 2.71 bits per heavy atom. The molecule has 0 aromatic heterocycles. The van der Waals surface area contributed by atoms with Crippen molar-refractivity contribution in [1.29, 1.82) is 5.26 Å². The molecule has 3 nitrogen and oxygen atoms in total. The summed E-state index contributed by atoms with van der Waals surface area (Å²) in [4.78, 5) is 0.262. The molecule has 14 heavy (non-hydrogen) atoms. The first-order valence-electron chi connectivity index (χ1n) is 3.90. The van der Waals surface area contributed by atoms with Crippen molar-refractivity contribution in [3.05, 3.63) is 35.9 Å². The highest BCUT2D eigenvalue weighted by atomic mass is 32.2. The number of hydrogen-bond donors (Lipinski definition) is 0. The predicted molar refractivity (Wildman–Crippen MR) is 54.2 cm³/mol. The maximum absolute atomic E-state index is 11.2. The topological polar surface area (TPSA) is 57.9 Å². The average molecular weight is 207 g/mol. The van der Waals surface area contributed by atoms with Crippen LogP contribution in [0.1, 0.15) is 5.56 Å². The lowest BCUT2D eigenvalue weighted by molar-refractivity contribution is 0.602. The van der Waals surface area contributed by atoms with Crippen molar-refractivity contribution in [3.8, 4) is 6.07 Å². The minimum Gasteiger partial charge on any atom is -0.224 e. The summed E-state index contributed by atoms with van der Waals surface area (Å²) in [5.41, 5.74) is 0.703. The van der Waals surface area contributed by atoms with Gasteiger partial charge in [-0.05, 0) is 23.8 Å². The number of nitriles is 1. The molecule has 0 spiro atoms. The lowest BCUT2D eigenvalue weighted by Gasteiger charge is -1.98. The van der Waals surface area contributed by atoms with Crippen molar-refractivity contribution < 1.29 is 8.42 Å². The first-order valence-corrected chi connectivity index (χ1v) is 5.79. The molecule has 0 amide bonds. The van der Waals surface area contributed by atoms with E-state index >= 15 is 0 Å². The maximum atomic E-state index is 11.2. The van der Waals surface area contributed by atoms with Gasteiger partial charge in [-0.15, -0.1) is 0 Å². The van der Waals surface area contributed by atoms with Crippen molar-refractivity contribution in [2.24, 2.45) is 0 Å². The number of nitrogens with zero attached hydrogens (tertiary/aromatic N) is 1. The van der Waals surface area contributed by atoms with Gasteiger partial charge in [-0.1, -0.05) is 12.1 Å². The van der Waals surface area contributed by atoms with Gasteiger partial charge in [0.2, 0.25) is 0 Å². The van der Waals surface area contributed by atoms with Crippen molar-refractivity contribution in [1.82, 2.24) is 0 Å². The molecule has 0 atom stereocenters. The number of sulfone groups is 1. The summed E-state index contributed by atoms with van der Waals surface area (Å²) in [6, 6.07) is 8.29. The molecule has 0 aliphatic rings. The van der Waals surface area contributed by atoms with Crippen LogP contribution in [0.5, 0.6) is 0 Å². The molecule has 0 saturated carbocycles. The zero-order valence-electron chi connectivity index (χ0n) is 7.64. The van der Waals surface area contributed by atoms with Crippen LogP contribution in [0.15, 0.2) is 35.2 Å². The molecule has 4 heteroatoms. The quantitative estimate of drug-likeness (QED) is 0.692. The minimum absolute atomic E-state index is 0.262. The Morgan fingerprint density at radius 1 is 1.43 bits per heavy atom. The molecular formula is C10H9NO2S. The standard InChI is InChI=1S/C10H9NO2S/c1-14(12,13)10-6-2-4-9(8-10)5-3-7-11/h2-6,8H,1H3/b5-3+. The van der Waals surface area contributed by atoms with Gasteiger partial charge < -0.3 is 0 Å². The largest absolute Gasteiger partial charge is 0.224 e. The summed E-state index contributed by atoms with van der Waals surface area (Å²) in [5.74, 6) is 0. The first-order chi connectivity index (χ1) is 6.54. The predicted octanol–water partition coefficient (Wildman–Crippen LogP) is 1.63. The third-order valence-electron chi connectivity index (χ3n) is 1.64. The molecule has 0 unspecified atom stereocenters. The van der Waals surface area contributed by atoms with Gasteiger partial charge >= 0.3 is 0 Å². The molecule has 1 aromatic carbocycles. The zero-order chi connectivity index (χ0) is 10.6. The van der Waals surface area contributed by atoms with Crippen molar-refractivity contribution in [3.63, 3.8) is 0 Å². The summed E-state index contributed by atoms with van der Waals surface area (Å²) >= 11 is 0. The highest BCUT2D eigenvalue weighted by Crippen LogP contribution is 2.12. The van der Waals surface area contributed by atoms with Gasteiger partial charge in [-0.25, -0.2) is 8.42 Å². The van der Waals surface area contributed by atoms with Gasteiger partial charge in [0.1, 0.15) is 0 Å². The van der Waals surface area contributed by atoms with Crippen LogP contribution in [0.4, 0.5) is 0 Å². The molecule has 0 fully saturated rings. The number of benzene rings is 1. The second kappa shape index (κ2) is 4.07. The second-order valence-electron chi connectivity index (χ2n) is 2.81. The van der Waals surface area contributed by atoms with Crippen LogP contribution in [0.3, 0.4) is 0 Å². The molecule has 0 bridgehead atoms. The van der Waals surface area contributed by atoms with Gasteiger partial charge in [0.05, 0.1) is 11.0 Å². The van der Waals surface area contributed by atoms with Gasteiger partial charge in [0, 0.05) is 12.3 Å². The monoisotopic (exact) mass is 207 g/mol. The zero-order valence-corrected chi connectivity index (χ0v) is 8.45. The van der Waals surface area contributed by atoms with E-state index in [1.54, 1.807) is 18.2 Å². The molecule has 0 radical (unpaired) electrons. The summed E-state index contributed by atoms with van der Waals surface area (Å²) in [7, 11) is -3.17. The fourth-order valence-corrected chi connectivity index (χ4v) is 1.66. The minimum atomic E-state index is -3.17. The van der Waals surface area contributed by atoms with Crippen molar-refractivity contribution >= 4 is 15.9 Å². The third-order valence-corrected chi connectivity index (χ3v) is 2.75. The Labute approximate surface area is 83.2 Å². The normalized spacial score (nSPS) is 11.4. The van der Waals surface area contributed by atoms with E-state index in [1.807, 2.05) is 6.07 Å². The fourth-order valence-electron chi connectivity index (χ4n) is 0.982. The molecule has 1 aromatic rings. The van der Waals surface area contributed by atoms with Gasteiger partial charge in [-0.3, -0.25) is 0 Å². The first kappa shape index (κ1) is 10.5. The molecule has 0 aliphatic heterocycles. The number of rotatable bonds is 2. The Balaban J connectivity index is 3.16. The van der Waals surface area contributed by atoms with Crippen LogP contribution < -0.4 is 0 Å². The summed E-state index contributed by atoms with van der Waals surface area (Å²) < 4.78 is 22.3. The number of allylic oxidation sites excluding steroid dienone is 1. The van der Waals surface area contributed by atoms with Crippen LogP contribution in [-0.4, -0.2) is 14.7 Å². The molecule has 0 heterocycles. The Kier molecular flexibility index (Phi) is 3.05. The summed E-state index contributed by atoms with van der Waals surface area (Å²) in [6.45, 7) is 0. The van der Waals surface area contributed by atoms with Crippen LogP contribution in [0.25, 0.3) is 6.08 Å². The molecule has 1 rings (SSSR count). The van der Waals surface area contributed by atoms with Gasteiger partial charge in [0.15, 0.2) is 9.84 Å². The molecule has 72 valence electrons. The Hall–Kier alpha value is -1.60. The van der Waals surface area contributed by atoms with Crippen molar-refractivity contribution in [2.45, 2.75) is 4.90 Å². The molecule has 0 N–H and O–H groups in total. The van der Waals surface area contributed by atoms with E-state index in [0.717, 1.165) is 6.26 Å². The van der Waals surface area contributed by atoms with E-state index < -0.39 is 9.84 Å². The summed E-state index contributed by atoms with van der Waals surface area (Å²) in [5, 5.41) is 8.30. The van der Waals surface area contributed by atoms with E-state index in [1.165, 1.54) is 18.2 Å². The number of hydrogen-bond acceptors (Lipinski definition) is 3. The second-order valence-corrected chi connectivity index (χ2v) is 4.82. The highest BCUT2D eigenvalue weighted by molar-refractivity contribution is 7.90. The van der Waals surface area contributed by atoms with Crippen molar-refractivity contribution in [2.75, 3.05) is 6.26 Å². The third kappa shape index (κ3) is 2.71. The fraction of sp³-hybridized carbons (Fsp3) is 0.100. The van der Waals surface area contributed by atoms with Crippen LogP contribution >= 0.6 is 0 Å². The SMILES string of the molecule is CS(=O)(=O)c1cccc(/C=C/C#N)c1. The van der Waals surface area contributed by atoms with E-state index in [4.69, 9.17) is 5.26 Å². The van der Waals surface area contributed by atoms with Crippen LogP contribution in [0.2, 0.25) is 0 Å². The molecule has 0 aliphatic carbocycles. The Morgan fingerprint density at radius 2 is 2.14 bits per heavy atom. The Bertz CT molecular complexity index is 495. The lowest BCUT2D eigenvalue weighted by atomic mass is 10.2. The molecular weight excluding hydrogens is 198 g/mol.